The number of aryl methyl sites for hydroxylation is 1. The van der Waals surface area contributed by atoms with E-state index in [9.17, 15) is 4.57 Å². The molecule has 1 fully saturated rings. The van der Waals surface area contributed by atoms with Crippen molar-refractivity contribution in [2.45, 2.75) is 20.3 Å². The average molecular weight is 330 g/mol. The number of hydrogen-bond acceptors (Lipinski definition) is 3. The van der Waals surface area contributed by atoms with E-state index in [0.29, 0.717) is 25.8 Å². The normalized spacial score (nSPS) is 19.4. The minimum atomic E-state index is -2.95. The molecule has 0 N–H and O–H groups in total. The van der Waals surface area contributed by atoms with Crippen molar-refractivity contribution in [2.24, 2.45) is 5.41 Å². The molecule has 1 aliphatic rings. The molecule has 0 aromatic heterocycles. The SMILES string of the molecule is CC1(C)COP(=O)(CCc2cccc(-c3ccccc3)c2)OC1. The van der Waals surface area contributed by atoms with Crippen LogP contribution in [0.2, 0.25) is 0 Å². The molecule has 3 rings (SSSR count). The van der Waals surface area contributed by atoms with Crippen molar-refractivity contribution < 1.29 is 13.6 Å². The van der Waals surface area contributed by atoms with Crippen molar-refractivity contribution in [2.75, 3.05) is 19.4 Å². The van der Waals surface area contributed by atoms with Crippen molar-refractivity contribution in [1.82, 2.24) is 0 Å². The van der Waals surface area contributed by atoms with Gasteiger partial charge in [0.15, 0.2) is 0 Å². The van der Waals surface area contributed by atoms with Gasteiger partial charge in [-0.2, -0.15) is 0 Å². The Balaban J connectivity index is 1.66. The molecule has 0 spiro atoms. The number of benzene rings is 2. The zero-order valence-corrected chi connectivity index (χ0v) is 14.6. The summed E-state index contributed by atoms with van der Waals surface area (Å²) in [6.07, 6.45) is 1.12. The quantitative estimate of drug-likeness (QED) is 0.726. The summed E-state index contributed by atoms with van der Waals surface area (Å²) in [5.41, 5.74) is 3.46. The maximum atomic E-state index is 12.6. The van der Waals surface area contributed by atoms with Crippen molar-refractivity contribution in [3.8, 4) is 11.1 Å². The molecule has 2 aromatic rings. The summed E-state index contributed by atoms with van der Waals surface area (Å²) in [7, 11) is -2.95. The van der Waals surface area contributed by atoms with Crippen LogP contribution >= 0.6 is 7.60 Å². The van der Waals surface area contributed by atoms with Gasteiger partial charge in [-0.15, -0.1) is 0 Å². The highest BCUT2D eigenvalue weighted by Crippen LogP contribution is 2.53. The van der Waals surface area contributed by atoms with Gasteiger partial charge in [0, 0.05) is 5.41 Å². The molecule has 3 nitrogen and oxygen atoms in total. The predicted octanol–water partition coefficient (Wildman–Crippen LogP) is 5.16. The molecule has 1 heterocycles. The fraction of sp³-hybridized carbons (Fsp3) is 0.368. The van der Waals surface area contributed by atoms with Gasteiger partial charge in [0.1, 0.15) is 0 Å². The number of hydrogen-bond donors (Lipinski definition) is 0. The van der Waals surface area contributed by atoms with Crippen LogP contribution in [0.5, 0.6) is 0 Å². The Morgan fingerprint density at radius 3 is 2.30 bits per heavy atom. The van der Waals surface area contributed by atoms with Gasteiger partial charge in [-0.05, 0) is 23.1 Å². The standard InChI is InChI=1S/C19H23O3P/c1-19(2)14-21-23(20,22-15-19)12-11-16-7-6-10-18(13-16)17-8-4-3-5-9-17/h3-10,13H,11-12,14-15H2,1-2H3. The third kappa shape index (κ3) is 4.32. The minimum Gasteiger partial charge on any atom is -0.308 e. The van der Waals surface area contributed by atoms with Gasteiger partial charge >= 0.3 is 7.60 Å². The lowest BCUT2D eigenvalue weighted by Crippen LogP contribution is -2.30. The maximum Gasteiger partial charge on any atom is 0.331 e. The summed E-state index contributed by atoms with van der Waals surface area (Å²) >= 11 is 0. The third-order valence-corrected chi connectivity index (χ3v) is 5.83. The molecule has 23 heavy (non-hydrogen) atoms. The van der Waals surface area contributed by atoms with Gasteiger partial charge in [-0.3, -0.25) is 4.57 Å². The van der Waals surface area contributed by atoms with E-state index in [4.69, 9.17) is 9.05 Å². The lowest BCUT2D eigenvalue weighted by Gasteiger charge is -2.34. The Morgan fingerprint density at radius 1 is 0.957 bits per heavy atom. The summed E-state index contributed by atoms with van der Waals surface area (Å²) in [5, 5.41) is 0. The van der Waals surface area contributed by atoms with Crippen LogP contribution < -0.4 is 0 Å². The van der Waals surface area contributed by atoms with E-state index < -0.39 is 7.60 Å². The monoisotopic (exact) mass is 330 g/mol. The Hall–Kier alpha value is -1.41. The summed E-state index contributed by atoms with van der Waals surface area (Å²) < 4.78 is 23.7. The summed E-state index contributed by atoms with van der Waals surface area (Å²) in [6, 6.07) is 18.6. The molecular weight excluding hydrogens is 307 g/mol. The van der Waals surface area contributed by atoms with E-state index in [-0.39, 0.29) is 5.41 Å². The smallest absolute Gasteiger partial charge is 0.308 e. The van der Waals surface area contributed by atoms with Gasteiger partial charge in [-0.25, -0.2) is 0 Å². The molecule has 0 unspecified atom stereocenters. The number of rotatable bonds is 4. The molecule has 1 aliphatic heterocycles. The van der Waals surface area contributed by atoms with Crippen LogP contribution in [0.25, 0.3) is 11.1 Å². The molecule has 4 heteroatoms. The second-order valence-electron chi connectivity index (χ2n) is 6.86. The molecule has 0 atom stereocenters. The van der Waals surface area contributed by atoms with Gasteiger partial charge in [0.25, 0.3) is 0 Å². The van der Waals surface area contributed by atoms with Gasteiger partial charge in [0.2, 0.25) is 0 Å². The van der Waals surface area contributed by atoms with Crippen molar-refractivity contribution in [3.63, 3.8) is 0 Å². The highest BCUT2D eigenvalue weighted by molar-refractivity contribution is 7.53. The van der Waals surface area contributed by atoms with Crippen LogP contribution in [-0.4, -0.2) is 19.4 Å². The summed E-state index contributed by atoms with van der Waals surface area (Å²) in [4.78, 5) is 0. The van der Waals surface area contributed by atoms with E-state index in [1.54, 1.807) is 0 Å². The first-order valence-corrected chi connectivity index (χ1v) is 9.71. The Kier molecular flexibility index (Phi) is 4.72. The second kappa shape index (κ2) is 6.60. The molecule has 0 saturated carbocycles. The summed E-state index contributed by atoms with van der Waals surface area (Å²) in [5.74, 6) is 0. The molecule has 122 valence electrons. The topological polar surface area (TPSA) is 35.5 Å². The first-order valence-electron chi connectivity index (χ1n) is 7.98. The van der Waals surface area contributed by atoms with E-state index in [1.807, 2.05) is 24.3 Å². The van der Waals surface area contributed by atoms with Crippen LogP contribution in [0.4, 0.5) is 0 Å². The second-order valence-corrected chi connectivity index (χ2v) is 9.05. The van der Waals surface area contributed by atoms with Crippen LogP contribution in [0.15, 0.2) is 54.6 Å². The van der Waals surface area contributed by atoms with E-state index in [2.05, 4.69) is 44.2 Å². The summed E-state index contributed by atoms with van der Waals surface area (Å²) in [6.45, 7) is 5.10. The van der Waals surface area contributed by atoms with E-state index in [0.717, 1.165) is 5.56 Å². The maximum absolute atomic E-state index is 12.6. The van der Waals surface area contributed by atoms with Gasteiger partial charge < -0.3 is 9.05 Å². The van der Waals surface area contributed by atoms with Crippen molar-refractivity contribution in [1.29, 1.82) is 0 Å². The zero-order valence-electron chi connectivity index (χ0n) is 13.7. The largest absolute Gasteiger partial charge is 0.331 e. The molecule has 0 bridgehead atoms. The Morgan fingerprint density at radius 2 is 1.61 bits per heavy atom. The van der Waals surface area contributed by atoms with Crippen LogP contribution in [0, 0.1) is 5.41 Å². The molecule has 1 saturated heterocycles. The van der Waals surface area contributed by atoms with Gasteiger partial charge in [0.05, 0.1) is 19.4 Å². The van der Waals surface area contributed by atoms with Crippen LogP contribution in [0.1, 0.15) is 19.4 Å². The van der Waals surface area contributed by atoms with Crippen LogP contribution in [-0.2, 0) is 20.0 Å². The first kappa shape index (κ1) is 16.4. The van der Waals surface area contributed by atoms with Crippen molar-refractivity contribution >= 4 is 7.60 Å². The fourth-order valence-electron chi connectivity index (χ4n) is 2.56. The lowest BCUT2D eigenvalue weighted by atomic mass is 9.97. The Bertz CT molecular complexity index is 696. The van der Waals surface area contributed by atoms with E-state index in [1.165, 1.54) is 11.1 Å². The molecule has 0 radical (unpaired) electrons. The highest BCUT2D eigenvalue weighted by Gasteiger charge is 2.36. The van der Waals surface area contributed by atoms with Crippen molar-refractivity contribution in [3.05, 3.63) is 60.2 Å². The highest BCUT2D eigenvalue weighted by atomic mass is 31.2. The van der Waals surface area contributed by atoms with E-state index >= 15 is 0 Å². The minimum absolute atomic E-state index is 0.0544. The average Bonchev–Trinajstić information content (AvgIpc) is 2.58. The molecule has 2 aromatic carbocycles. The molecule has 0 amide bonds. The van der Waals surface area contributed by atoms with Crippen LogP contribution in [0.3, 0.4) is 0 Å². The Labute approximate surface area is 138 Å². The lowest BCUT2D eigenvalue weighted by molar-refractivity contribution is 0.0416. The molecular formula is C19H23O3P. The van der Waals surface area contributed by atoms with Gasteiger partial charge in [-0.1, -0.05) is 68.4 Å². The predicted molar refractivity (Wildman–Crippen MR) is 93.7 cm³/mol. The first-order chi connectivity index (χ1) is 11.0. The fourth-order valence-corrected chi connectivity index (χ4v) is 4.51. The molecule has 0 aliphatic carbocycles. The third-order valence-electron chi connectivity index (χ3n) is 4.01. The zero-order chi connectivity index (χ0) is 16.3.